The van der Waals surface area contributed by atoms with Gasteiger partial charge in [-0.25, -0.2) is 0 Å². The molecule has 0 N–H and O–H groups in total. The van der Waals surface area contributed by atoms with Crippen LogP contribution in [0.25, 0.3) is 0 Å². The SMILES string of the molecule is O=C1C2CC3C4CC5CC3C2C(C5)C14. The summed E-state index contributed by atoms with van der Waals surface area (Å²) in [5.74, 6) is 7.48. The van der Waals surface area contributed by atoms with Gasteiger partial charge in [0.25, 0.3) is 0 Å². The van der Waals surface area contributed by atoms with Crippen molar-refractivity contribution in [1.29, 1.82) is 0 Å². The summed E-state index contributed by atoms with van der Waals surface area (Å²) < 4.78 is 0. The molecule has 1 heteroatoms. The van der Waals surface area contributed by atoms with Gasteiger partial charge in [0.05, 0.1) is 0 Å². The maximum Gasteiger partial charge on any atom is 0.139 e. The first kappa shape index (κ1) is 7.03. The van der Waals surface area contributed by atoms with Gasteiger partial charge in [-0.05, 0) is 61.2 Å². The molecule has 0 aliphatic heterocycles. The molecule has 74 valence electrons. The zero-order valence-electron chi connectivity index (χ0n) is 8.36. The summed E-state index contributed by atoms with van der Waals surface area (Å²) in [6.07, 6.45) is 5.65. The lowest BCUT2D eigenvalue weighted by Gasteiger charge is -2.56. The molecule has 0 aromatic heterocycles. The van der Waals surface area contributed by atoms with Crippen molar-refractivity contribution in [2.24, 2.45) is 47.3 Å². The molecule has 6 aliphatic carbocycles. The average molecular weight is 188 g/mol. The van der Waals surface area contributed by atoms with Gasteiger partial charge in [-0.1, -0.05) is 0 Å². The molecule has 14 heavy (non-hydrogen) atoms. The van der Waals surface area contributed by atoms with Crippen LogP contribution in [0, 0.1) is 47.3 Å². The van der Waals surface area contributed by atoms with E-state index in [1.165, 1.54) is 25.7 Å². The van der Waals surface area contributed by atoms with Gasteiger partial charge in [0, 0.05) is 11.8 Å². The average Bonchev–Trinajstić information content (AvgIpc) is 2.63. The van der Waals surface area contributed by atoms with Crippen molar-refractivity contribution in [2.45, 2.75) is 25.7 Å². The summed E-state index contributed by atoms with van der Waals surface area (Å²) in [4.78, 5) is 12.2. The van der Waals surface area contributed by atoms with Gasteiger partial charge in [-0.2, -0.15) is 0 Å². The van der Waals surface area contributed by atoms with Crippen molar-refractivity contribution < 1.29 is 4.79 Å². The fraction of sp³-hybridized carbons (Fsp3) is 0.923. The second-order valence-corrected chi connectivity index (χ2v) is 6.58. The van der Waals surface area contributed by atoms with E-state index in [1.807, 2.05) is 0 Å². The van der Waals surface area contributed by atoms with Crippen molar-refractivity contribution in [3.8, 4) is 0 Å². The molecule has 6 rings (SSSR count). The van der Waals surface area contributed by atoms with Gasteiger partial charge in [0.2, 0.25) is 0 Å². The molecule has 1 nitrogen and oxygen atoms in total. The van der Waals surface area contributed by atoms with Gasteiger partial charge in [0.1, 0.15) is 5.78 Å². The highest BCUT2D eigenvalue weighted by atomic mass is 16.1. The van der Waals surface area contributed by atoms with Crippen LogP contribution >= 0.6 is 0 Å². The predicted octanol–water partition coefficient (Wildman–Crippen LogP) is 2.11. The molecule has 0 spiro atoms. The third-order valence-electron chi connectivity index (χ3n) is 6.51. The third kappa shape index (κ3) is 0.498. The normalized spacial score (nSPS) is 71.3. The number of Topliss-reactive ketones (excluding diaryl/α,β-unsaturated/α-hetero) is 1. The summed E-state index contributed by atoms with van der Waals surface area (Å²) in [6, 6.07) is 0. The summed E-state index contributed by atoms with van der Waals surface area (Å²) in [5, 5.41) is 0. The van der Waals surface area contributed by atoms with Crippen LogP contribution in [0.1, 0.15) is 25.7 Å². The first-order valence-electron chi connectivity index (χ1n) is 6.38. The highest BCUT2D eigenvalue weighted by Crippen LogP contribution is 2.73. The van der Waals surface area contributed by atoms with Crippen LogP contribution in [0.2, 0.25) is 0 Å². The number of carbonyl (C=O) groups is 1. The molecule has 8 unspecified atom stereocenters. The molecule has 0 heterocycles. The predicted molar refractivity (Wildman–Crippen MR) is 51.4 cm³/mol. The van der Waals surface area contributed by atoms with Crippen LogP contribution in [0.15, 0.2) is 0 Å². The Balaban J connectivity index is 1.79. The van der Waals surface area contributed by atoms with Crippen molar-refractivity contribution in [2.75, 3.05) is 0 Å². The maximum atomic E-state index is 12.2. The molecule has 6 aliphatic rings. The minimum Gasteiger partial charge on any atom is -0.299 e. The summed E-state index contributed by atoms with van der Waals surface area (Å²) >= 11 is 0. The van der Waals surface area contributed by atoms with Gasteiger partial charge >= 0.3 is 0 Å². The molecule has 8 atom stereocenters. The fourth-order valence-corrected chi connectivity index (χ4v) is 6.52. The monoisotopic (exact) mass is 188 g/mol. The number of ketones is 1. The number of hydrogen-bond donors (Lipinski definition) is 0. The number of rotatable bonds is 0. The van der Waals surface area contributed by atoms with Gasteiger partial charge in [-0.3, -0.25) is 4.79 Å². The van der Waals surface area contributed by atoms with E-state index in [2.05, 4.69) is 0 Å². The Kier molecular flexibility index (Phi) is 0.921. The van der Waals surface area contributed by atoms with E-state index >= 15 is 0 Å². The van der Waals surface area contributed by atoms with E-state index in [4.69, 9.17) is 0 Å². The first-order chi connectivity index (χ1) is 6.84. The standard InChI is InChI=1S/C13H16O/c14-13-10-4-6-7-1-5-2-8(6)12(13)9(3-5)11(7)10/h5-12H,1-4H2. The molecule has 0 amide bonds. The number of hydrogen-bond acceptors (Lipinski definition) is 1. The lowest BCUT2D eigenvalue weighted by atomic mass is 9.48. The Bertz CT molecular complexity index is 339. The fourth-order valence-electron chi connectivity index (χ4n) is 6.52. The van der Waals surface area contributed by atoms with Crippen molar-refractivity contribution >= 4 is 5.78 Å². The van der Waals surface area contributed by atoms with Crippen LogP contribution in [0.4, 0.5) is 0 Å². The van der Waals surface area contributed by atoms with Crippen molar-refractivity contribution in [3.05, 3.63) is 0 Å². The summed E-state index contributed by atoms with van der Waals surface area (Å²) in [5.41, 5.74) is 0. The molecule has 0 radical (unpaired) electrons. The van der Waals surface area contributed by atoms with E-state index in [9.17, 15) is 4.79 Å². The highest BCUT2D eigenvalue weighted by Gasteiger charge is 2.71. The summed E-state index contributed by atoms with van der Waals surface area (Å²) in [6.45, 7) is 0. The first-order valence-corrected chi connectivity index (χ1v) is 6.38. The molecule has 6 fully saturated rings. The van der Waals surface area contributed by atoms with Crippen LogP contribution < -0.4 is 0 Å². The van der Waals surface area contributed by atoms with Gasteiger partial charge < -0.3 is 0 Å². The van der Waals surface area contributed by atoms with Crippen LogP contribution in [0.5, 0.6) is 0 Å². The van der Waals surface area contributed by atoms with Gasteiger partial charge in [0.15, 0.2) is 0 Å². The molecular formula is C13H16O. The second-order valence-electron chi connectivity index (χ2n) is 6.58. The lowest BCUT2D eigenvalue weighted by molar-refractivity contribution is -0.136. The molecular weight excluding hydrogens is 172 g/mol. The van der Waals surface area contributed by atoms with E-state index < -0.39 is 0 Å². The highest BCUT2D eigenvalue weighted by molar-refractivity contribution is 5.88. The van der Waals surface area contributed by atoms with Crippen molar-refractivity contribution in [3.63, 3.8) is 0 Å². The zero-order valence-corrected chi connectivity index (χ0v) is 8.36. The minimum absolute atomic E-state index is 0.551. The van der Waals surface area contributed by atoms with Crippen LogP contribution in [0.3, 0.4) is 0 Å². The molecule has 0 aromatic carbocycles. The maximum absolute atomic E-state index is 12.2. The van der Waals surface area contributed by atoms with Crippen molar-refractivity contribution in [1.82, 2.24) is 0 Å². The van der Waals surface area contributed by atoms with E-state index in [0.29, 0.717) is 17.6 Å². The third-order valence-corrected chi connectivity index (χ3v) is 6.51. The Morgan fingerprint density at radius 2 is 1.64 bits per heavy atom. The van der Waals surface area contributed by atoms with E-state index in [-0.39, 0.29) is 0 Å². The lowest BCUT2D eigenvalue weighted by Crippen LogP contribution is -2.51. The Morgan fingerprint density at radius 3 is 2.57 bits per heavy atom. The molecule has 0 aromatic rings. The zero-order chi connectivity index (χ0) is 9.02. The second kappa shape index (κ2) is 1.83. The van der Waals surface area contributed by atoms with Crippen LogP contribution in [-0.4, -0.2) is 5.78 Å². The summed E-state index contributed by atoms with van der Waals surface area (Å²) in [7, 11) is 0. The van der Waals surface area contributed by atoms with Crippen LogP contribution in [-0.2, 0) is 4.79 Å². The number of carbonyl (C=O) groups excluding carboxylic acids is 1. The topological polar surface area (TPSA) is 17.1 Å². The molecule has 0 saturated heterocycles. The Hall–Kier alpha value is -0.330. The van der Waals surface area contributed by atoms with E-state index in [1.54, 1.807) is 0 Å². The Labute approximate surface area is 84.3 Å². The largest absolute Gasteiger partial charge is 0.299 e. The quantitative estimate of drug-likeness (QED) is 0.569. The minimum atomic E-state index is 0.551. The van der Waals surface area contributed by atoms with Gasteiger partial charge in [-0.15, -0.1) is 0 Å². The smallest absolute Gasteiger partial charge is 0.139 e. The Morgan fingerprint density at radius 1 is 0.857 bits per heavy atom. The molecule has 6 saturated carbocycles. The molecule has 7 bridgehead atoms. The van der Waals surface area contributed by atoms with E-state index in [0.717, 1.165) is 35.5 Å².